The van der Waals surface area contributed by atoms with Crippen molar-refractivity contribution in [2.75, 3.05) is 26.2 Å². The van der Waals surface area contributed by atoms with E-state index in [2.05, 4.69) is 5.32 Å². The molecule has 0 radical (unpaired) electrons. The van der Waals surface area contributed by atoms with Gasteiger partial charge in [-0.2, -0.15) is 26.3 Å². The van der Waals surface area contributed by atoms with E-state index in [4.69, 9.17) is 0 Å². The SMILES string of the molecule is CCCNCCNS(=O)(=O)NCC(F)(F)F. The second-order valence-corrected chi connectivity index (χ2v) is 4.67. The van der Waals surface area contributed by atoms with E-state index in [1.807, 2.05) is 11.6 Å². The molecule has 0 fully saturated rings. The molecule has 98 valence electrons. The second-order valence-electron chi connectivity index (χ2n) is 3.08. The molecule has 9 heteroatoms. The number of rotatable bonds is 8. The highest BCUT2D eigenvalue weighted by Crippen LogP contribution is 2.12. The first-order valence-electron chi connectivity index (χ1n) is 4.78. The van der Waals surface area contributed by atoms with E-state index < -0.39 is 22.9 Å². The molecule has 0 aliphatic carbocycles. The molecule has 0 amide bonds. The predicted molar refractivity (Wildman–Crippen MR) is 54.1 cm³/mol. The maximum absolute atomic E-state index is 11.7. The fraction of sp³-hybridized carbons (Fsp3) is 1.00. The van der Waals surface area contributed by atoms with Crippen LogP contribution in [-0.4, -0.2) is 40.8 Å². The van der Waals surface area contributed by atoms with Crippen molar-refractivity contribution in [1.82, 2.24) is 14.8 Å². The molecule has 5 nitrogen and oxygen atoms in total. The Morgan fingerprint density at radius 1 is 1.06 bits per heavy atom. The predicted octanol–water partition coefficient (Wildman–Crippen LogP) is -0.0277. The summed E-state index contributed by atoms with van der Waals surface area (Å²) in [6, 6.07) is 0. The van der Waals surface area contributed by atoms with Gasteiger partial charge in [0.05, 0.1) is 0 Å². The third kappa shape index (κ3) is 10.1. The van der Waals surface area contributed by atoms with Crippen LogP contribution >= 0.6 is 0 Å². The Kier molecular flexibility index (Phi) is 6.88. The molecule has 0 aromatic carbocycles. The summed E-state index contributed by atoms with van der Waals surface area (Å²) in [6.07, 6.45) is -3.64. The smallest absolute Gasteiger partial charge is 0.315 e. The summed E-state index contributed by atoms with van der Waals surface area (Å²) in [4.78, 5) is 0. The molecule has 0 aromatic heterocycles. The van der Waals surface area contributed by atoms with Crippen LogP contribution in [-0.2, 0) is 10.2 Å². The summed E-state index contributed by atoms with van der Waals surface area (Å²) < 4.78 is 60.4. The third-order valence-corrected chi connectivity index (χ3v) is 2.59. The average Bonchev–Trinajstić information content (AvgIpc) is 2.14. The lowest BCUT2D eigenvalue weighted by Crippen LogP contribution is -2.43. The molecule has 3 N–H and O–H groups in total. The number of nitrogens with one attached hydrogen (secondary N) is 3. The van der Waals surface area contributed by atoms with E-state index in [1.165, 1.54) is 4.72 Å². The molecule has 0 heterocycles. The number of hydrogen-bond donors (Lipinski definition) is 3. The topological polar surface area (TPSA) is 70.2 Å². The lowest BCUT2D eigenvalue weighted by molar-refractivity contribution is -0.121. The lowest BCUT2D eigenvalue weighted by atomic mass is 10.5. The third-order valence-electron chi connectivity index (χ3n) is 1.48. The van der Waals surface area contributed by atoms with Crippen LogP contribution in [0.3, 0.4) is 0 Å². The van der Waals surface area contributed by atoms with E-state index in [-0.39, 0.29) is 6.54 Å². The van der Waals surface area contributed by atoms with Crippen molar-refractivity contribution in [3.05, 3.63) is 0 Å². The van der Waals surface area contributed by atoms with Crippen molar-refractivity contribution in [2.45, 2.75) is 19.5 Å². The fourth-order valence-electron chi connectivity index (χ4n) is 0.803. The number of hydrogen-bond acceptors (Lipinski definition) is 3. The summed E-state index contributed by atoms with van der Waals surface area (Å²) in [5, 5.41) is 2.90. The summed E-state index contributed by atoms with van der Waals surface area (Å²) in [5.41, 5.74) is 0. The van der Waals surface area contributed by atoms with Gasteiger partial charge in [-0.25, -0.2) is 4.72 Å². The monoisotopic (exact) mass is 263 g/mol. The van der Waals surface area contributed by atoms with E-state index in [9.17, 15) is 21.6 Å². The van der Waals surface area contributed by atoms with Gasteiger partial charge in [-0.15, -0.1) is 0 Å². The molecule has 0 aliphatic heterocycles. The Morgan fingerprint density at radius 3 is 2.19 bits per heavy atom. The molecule has 0 unspecified atom stereocenters. The normalized spacial score (nSPS) is 13.0. The van der Waals surface area contributed by atoms with Crippen molar-refractivity contribution in [1.29, 1.82) is 0 Å². The van der Waals surface area contributed by atoms with Crippen molar-refractivity contribution in [3.63, 3.8) is 0 Å². The van der Waals surface area contributed by atoms with Gasteiger partial charge in [-0.1, -0.05) is 6.92 Å². The van der Waals surface area contributed by atoms with Crippen LogP contribution in [0.5, 0.6) is 0 Å². The average molecular weight is 263 g/mol. The molecule has 0 saturated heterocycles. The molecule has 0 aromatic rings. The second kappa shape index (κ2) is 7.05. The first-order chi connectivity index (χ1) is 7.27. The molecular weight excluding hydrogens is 247 g/mol. The molecule has 0 saturated carbocycles. The first-order valence-corrected chi connectivity index (χ1v) is 6.27. The molecule has 16 heavy (non-hydrogen) atoms. The Balaban J connectivity index is 3.71. The molecule has 0 spiro atoms. The zero-order valence-corrected chi connectivity index (χ0v) is 9.71. The van der Waals surface area contributed by atoms with Crippen molar-refractivity contribution in [2.24, 2.45) is 0 Å². The minimum Gasteiger partial charge on any atom is -0.315 e. The Hall–Kier alpha value is -0.380. The van der Waals surface area contributed by atoms with Gasteiger partial charge in [-0.3, -0.25) is 0 Å². The minimum atomic E-state index is -4.55. The van der Waals surface area contributed by atoms with Crippen molar-refractivity contribution < 1.29 is 21.6 Å². The highest BCUT2D eigenvalue weighted by molar-refractivity contribution is 7.87. The van der Waals surface area contributed by atoms with Gasteiger partial charge in [0.15, 0.2) is 0 Å². The number of alkyl halides is 3. The lowest BCUT2D eigenvalue weighted by Gasteiger charge is -2.10. The van der Waals surface area contributed by atoms with Crippen LogP contribution in [0.4, 0.5) is 13.2 Å². The molecule has 0 atom stereocenters. The summed E-state index contributed by atoms with van der Waals surface area (Å²) >= 11 is 0. The standard InChI is InChI=1S/C7H16F3N3O2S/c1-2-3-11-4-5-12-16(14,15)13-6-7(8,9)10/h11-13H,2-6H2,1H3. The van der Waals surface area contributed by atoms with E-state index >= 15 is 0 Å². The zero-order chi connectivity index (χ0) is 12.7. The summed E-state index contributed by atoms with van der Waals surface area (Å²) in [6.45, 7) is 1.54. The van der Waals surface area contributed by atoms with Gasteiger partial charge in [0.1, 0.15) is 6.54 Å². The minimum absolute atomic E-state index is 0.0488. The van der Waals surface area contributed by atoms with Crippen molar-refractivity contribution in [3.8, 4) is 0 Å². The van der Waals surface area contributed by atoms with E-state index in [0.29, 0.717) is 6.54 Å². The maximum Gasteiger partial charge on any atom is 0.402 e. The van der Waals surface area contributed by atoms with Gasteiger partial charge in [0.2, 0.25) is 0 Å². The van der Waals surface area contributed by atoms with Crippen LogP contribution in [0.25, 0.3) is 0 Å². The van der Waals surface area contributed by atoms with Gasteiger partial charge < -0.3 is 5.32 Å². The Labute approximate surface area is 93.0 Å². The molecular formula is C7H16F3N3O2S. The zero-order valence-electron chi connectivity index (χ0n) is 8.89. The summed E-state index contributed by atoms with van der Waals surface area (Å²) in [5.74, 6) is 0. The van der Waals surface area contributed by atoms with Crippen LogP contribution in [0, 0.1) is 0 Å². The molecule has 0 rings (SSSR count). The van der Waals surface area contributed by atoms with Gasteiger partial charge in [-0.05, 0) is 13.0 Å². The van der Waals surface area contributed by atoms with Gasteiger partial charge in [0.25, 0.3) is 10.2 Å². The highest BCUT2D eigenvalue weighted by Gasteiger charge is 2.29. The van der Waals surface area contributed by atoms with Crippen LogP contribution < -0.4 is 14.8 Å². The Morgan fingerprint density at radius 2 is 1.69 bits per heavy atom. The molecule has 0 bridgehead atoms. The first kappa shape index (κ1) is 15.6. The van der Waals surface area contributed by atoms with Gasteiger partial charge in [0, 0.05) is 13.1 Å². The van der Waals surface area contributed by atoms with Crippen molar-refractivity contribution >= 4 is 10.2 Å². The Bertz CT molecular complexity index is 279. The van der Waals surface area contributed by atoms with Crippen LogP contribution in [0.1, 0.15) is 13.3 Å². The fourth-order valence-corrected chi connectivity index (χ4v) is 1.63. The quantitative estimate of drug-likeness (QED) is 0.539. The van der Waals surface area contributed by atoms with Crippen LogP contribution in [0.2, 0.25) is 0 Å². The molecule has 0 aliphatic rings. The van der Waals surface area contributed by atoms with Gasteiger partial charge >= 0.3 is 6.18 Å². The summed E-state index contributed by atoms with van der Waals surface area (Å²) in [7, 11) is -4.06. The van der Waals surface area contributed by atoms with E-state index in [1.54, 1.807) is 0 Å². The largest absolute Gasteiger partial charge is 0.402 e. The number of halogens is 3. The maximum atomic E-state index is 11.7. The van der Waals surface area contributed by atoms with E-state index in [0.717, 1.165) is 13.0 Å². The highest BCUT2D eigenvalue weighted by atomic mass is 32.2. The van der Waals surface area contributed by atoms with Crippen LogP contribution in [0.15, 0.2) is 0 Å².